The van der Waals surface area contributed by atoms with Crippen molar-refractivity contribution < 1.29 is 9.47 Å². The number of rotatable bonds is 10. The summed E-state index contributed by atoms with van der Waals surface area (Å²) < 4.78 is 12.2. The van der Waals surface area contributed by atoms with Gasteiger partial charge >= 0.3 is 0 Å². The van der Waals surface area contributed by atoms with E-state index < -0.39 is 0 Å². The zero-order valence-electron chi connectivity index (χ0n) is 17.2. The van der Waals surface area contributed by atoms with Crippen LogP contribution in [0.2, 0.25) is 15.2 Å². The molecule has 0 bridgehead atoms. The van der Waals surface area contributed by atoms with Crippen LogP contribution in [0.15, 0.2) is 36.5 Å². The number of benzene rings is 1. The number of aryl methyl sites for hydroxylation is 1. The van der Waals surface area contributed by atoms with Gasteiger partial charge in [0, 0.05) is 48.1 Å². The standard InChI is InChI=1S/C21H23Cl3N4O2.ClH/c1-14-18(12-25-10-15-3-6-20(26-11-15)30-8-7-29-2)21(24)28(27-14)13-16-4-5-17(22)9-19(16)23;/h3-6,9,11,25H,7-8,10,12-13H2,1-2H3;1H. The van der Waals surface area contributed by atoms with Crippen LogP contribution in [0, 0.1) is 6.92 Å². The molecular weight excluding hydrogens is 482 g/mol. The molecule has 2 aromatic heterocycles. The molecule has 0 saturated carbocycles. The van der Waals surface area contributed by atoms with Crippen molar-refractivity contribution in [3.05, 3.63) is 74.1 Å². The summed E-state index contributed by atoms with van der Waals surface area (Å²) in [5, 5.41) is 9.72. The smallest absolute Gasteiger partial charge is 0.213 e. The average molecular weight is 506 g/mol. The van der Waals surface area contributed by atoms with Gasteiger partial charge in [0.2, 0.25) is 5.88 Å². The van der Waals surface area contributed by atoms with Crippen LogP contribution in [-0.2, 0) is 24.4 Å². The Morgan fingerprint density at radius 3 is 2.55 bits per heavy atom. The number of hydrogen-bond acceptors (Lipinski definition) is 5. The Kier molecular flexibility index (Phi) is 10.4. The summed E-state index contributed by atoms with van der Waals surface area (Å²) in [5.41, 5.74) is 3.78. The minimum atomic E-state index is 0. The molecule has 2 heterocycles. The van der Waals surface area contributed by atoms with Crippen LogP contribution in [0.5, 0.6) is 5.88 Å². The Bertz CT molecular complexity index is 980. The predicted octanol–water partition coefficient (Wildman–Crippen LogP) is 5.33. The summed E-state index contributed by atoms with van der Waals surface area (Å²) in [7, 11) is 1.63. The molecule has 0 saturated heterocycles. The van der Waals surface area contributed by atoms with Crippen molar-refractivity contribution in [1.29, 1.82) is 0 Å². The molecule has 0 aliphatic heterocycles. The summed E-state index contributed by atoms with van der Waals surface area (Å²) in [4.78, 5) is 4.29. The number of ether oxygens (including phenoxy) is 2. The van der Waals surface area contributed by atoms with Crippen LogP contribution in [0.4, 0.5) is 0 Å². The van der Waals surface area contributed by atoms with E-state index in [1.54, 1.807) is 30.1 Å². The maximum Gasteiger partial charge on any atom is 0.213 e. The summed E-state index contributed by atoms with van der Waals surface area (Å²) in [5.74, 6) is 0.580. The molecule has 0 aliphatic carbocycles. The van der Waals surface area contributed by atoms with Crippen molar-refractivity contribution in [2.75, 3.05) is 20.3 Å². The lowest BCUT2D eigenvalue weighted by Crippen LogP contribution is -2.14. The number of nitrogens with one attached hydrogen (secondary N) is 1. The maximum atomic E-state index is 6.58. The third-order valence-electron chi connectivity index (χ3n) is 4.48. The van der Waals surface area contributed by atoms with Crippen molar-refractivity contribution in [2.45, 2.75) is 26.6 Å². The SMILES string of the molecule is COCCOc1ccc(CNCc2c(C)nn(Cc3ccc(Cl)cc3Cl)c2Cl)cn1.Cl. The van der Waals surface area contributed by atoms with Gasteiger partial charge in [-0.3, -0.25) is 0 Å². The van der Waals surface area contributed by atoms with E-state index in [0.717, 1.165) is 22.4 Å². The average Bonchev–Trinajstić information content (AvgIpc) is 2.99. The quantitative estimate of drug-likeness (QED) is 0.377. The molecule has 6 nitrogen and oxygen atoms in total. The lowest BCUT2D eigenvalue weighted by Gasteiger charge is -2.08. The molecular formula is C21H24Cl4N4O2. The Labute approximate surface area is 203 Å². The lowest BCUT2D eigenvalue weighted by atomic mass is 10.2. The highest BCUT2D eigenvalue weighted by molar-refractivity contribution is 6.35. The van der Waals surface area contributed by atoms with Crippen LogP contribution in [0.1, 0.15) is 22.4 Å². The number of pyridine rings is 1. The van der Waals surface area contributed by atoms with E-state index in [1.807, 2.05) is 25.1 Å². The van der Waals surface area contributed by atoms with Gasteiger partial charge in [0.15, 0.2) is 0 Å². The lowest BCUT2D eigenvalue weighted by molar-refractivity contribution is 0.143. The topological polar surface area (TPSA) is 61.2 Å². The third-order valence-corrected chi connectivity index (χ3v) is 5.49. The molecule has 10 heteroatoms. The summed E-state index contributed by atoms with van der Waals surface area (Å²) in [6, 6.07) is 9.22. The molecule has 1 N–H and O–H groups in total. The van der Waals surface area contributed by atoms with E-state index in [1.165, 1.54) is 0 Å². The number of hydrogen-bond donors (Lipinski definition) is 1. The zero-order valence-corrected chi connectivity index (χ0v) is 20.3. The summed E-state index contributed by atoms with van der Waals surface area (Å²) in [6.07, 6.45) is 1.79. The molecule has 3 rings (SSSR count). The molecule has 0 radical (unpaired) electrons. The Morgan fingerprint density at radius 1 is 1.06 bits per heavy atom. The first-order valence-electron chi connectivity index (χ1n) is 9.41. The molecule has 168 valence electrons. The molecule has 0 atom stereocenters. The van der Waals surface area contributed by atoms with Crippen LogP contribution >= 0.6 is 47.2 Å². The van der Waals surface area contributed by atoms with Crippen molar-refractivity contribution in [1.82, 2.24) is 20.1 Å². The van der Waals surface area contributed by atoms with Gasteiger partial charge in [-0.2, -0.15) is 5.10 Å². The first-order valence-corrected chi connectivity index (χ1v) is 10.5. The monoisotopic (exact) mass is 504 g/mol. The molecule has 3 aromatic rings. The number of methoxy groups -OCH3 is 1. The number of halogens is 4. The Morgan fingerprint density at radius 2 is 1.87 bits per heavy atom. The van der Waals surface area contributed by atoms with Crippen LogP contribution in [0.3, 0.4) is 0 Å². The van der Waals surface area contributed by atoms with Gasteiger partial charge in [0.1, 0.15) is 11.8 Å². The van der Waals surface area contributed by atoms with Gasteiger partial charge < -0.3 is 14.8 Å². The summed E-state index contributed by atoms with van der Waals surface area (Å²) >= 11 is 18.8. The highest BCUT2D eigenvalue weighted by Gasteiger charge is 2.14. The number of aromatic nitrogens is 3. The van der Waals surface area contributed by atoms with E-state index in [0.29, 0.717) is 53.9 Å². The van der Waals surface area contributed by atoms with Crippen molar-refractivity contribution in [3.8, 4) is 5.88 Å². The van der Waals surface area contributed by atoms with Crippen molar-refractivity contribution in [2.24, 2.45) is 0 Å². The normalized spacial score (nSPS) is 10.7. The molecule has 31 heavy (non-hydrogen) atoms. The van der Waals surface area contributed by atoms with Crippen LogP contribution < -0.4 is 10.1 Å². The fourth-order valence-corrected chi connectivity index (χ4v) is 3.64. The van der Waals surface area contributed by atoms with E-state index in [2.05, 4.69) is 15.4 Å². The van der Waals surface area contributed by atoms with Gasteiger partial charge in [-0.15, -0.1) is 12.4 Å². The van der Waals surface area contributed by atoms with Crippen molar-refractivity contribution in [3.63, 3.8) is 0 Å². The summed E-state index contributed by atoms with van der Waals surface area (Å²) in [6.45, 7) is 4.66. The van der Waals surface area contributed by atoms with Crippen molar-refractivity contribution >= 4 is 47.2 Å². The van der Waals surface area contributed by atoms with E-state index in [-0.39, 0.29) is 12.4 Å². The minimum Gasteiger partial charge on any atom is -0.475 e. The molecule has 0 spiro atoms. The predicted molar refractivity (Wildman–Crippen MR) is 127 cm³/mol. The number of nitrogens with zero attached hydrogens (tertiary/aromatic N) is 3. The largest absolute Gasteiger partial charge is 0.475 e. The van der Waals surface area contributed by atoms with E-state index in [4.69, 9.17) is 44.3 Å². The Hall–Kier alpha value is -1.54. The molecule has 0 aliphatic rings. The fraction of sp³-hybridized carbons (Fsp3) is 0.333. The van der Waals surface area contributed by atoms with E-state index >= 15 is 0 Å². The van der Waals surface area contributed by atoms with Crippen LogP contribution in [-0.4, -0.2) is 35.1 Å². The second-order valence-corrected chi connectivity index (χ2v) is 7.90. The second-order valence-electron chi connectivity index (χ2n) is 6.70. The third kappa shape index (κ3) is 7.24. The zero-order chi connectivity index (χ0) is 21.5. The minimum absolute atomic E-state index is 0. The van der Waals surface area contributed by atoms with Gasteiger partial charge in [-0.05, 0) is 30.2 Å². The van der Waals surface area contributed by atoms with Gasteiger partial charge in [-0.25, -0.2) is 9.67 Å². The van der Waals surface area contributed by atoms with Crippen LogP contribution in [0.25, 0.3) is 0 Å². The first-order chi connectivity index (χ1) is 14.5. The second kappa shape index (κ2) is 12.5. The highest BCUT2D eigenvalue weighted by atomic mass is 35.5. The van der Waals surface area contributed by atoms with E-state index in [9.17, 15) is 0 Å². The first kappa shape index (κ1) is 25.7. The van der Waals surface area contributed by atoms with Gasteiger partial charge in [0.25, 0.3) is 0 Å². The Balaban J connectivity index is 0.00000341. The molecule has 1 aromatic carbocycles. The maximum absolute atomic E-state index is 6.58. The molecule has 0 amide bonds. The highest BCUT2D eigenvalue weighted by Crippen LogP contribution is 2.25. The van der Waals surface area contributed by atoms with Gasteiger partial charge in [0.05, 0.1) is 18.8 Å². The molecule has 0 unspecified atom stereocenters. The fourth-order valence-electron chi connectivity index (χ4n) is 2.87. The molecule has 0 fully saturated rings. The van der Waals surface area contributed by atoms with Gasteiger partial charge in [-0.1, -0.05) is 46.9 Å².